The molecule has 0 aliphatic heterocycles. The van der Waals surface area contributed by atoms with Crippen LogP contribution in [0.3, 0.4) is 0 Å². The smallest absolute Gasteiger partial charge is 0.248 e. The summed E-state index contributed by atoms with van der Waals surface area (Å²) in [6.45, 7) is 2.02. The Morgan fingerprint density at radius 3 is 2.32 bits per heavy atom. The van der Waals surface area contributed by atoms with E-state index >= 15 is 0 Å². The van der Waals surface area contributed by atoms with Crippen LogP contribution in [-0.2, 0) is 0 Å². The van der Waals surface area contributed by atoms with Crippen molar-refractivity contribution < 1.29 is 13.5 Å². The van der Waals surface area contributed by atoms with E-state index in [0.29, 0.717) is 12.8 Å². The zero-order valence-electron chi connectivity index (χ0n) is 13.0. The van der Waals surface area contributed by atoms with Crippen molar-refractivity contribution in [2.45, 2.75) is 44.4 Å². The standard InChI is InChI=1S/C18H21F2NO/c1-12-16(22-2)11-21-17(12)15-5-3-13(4-6-15)14-7-9-18(19,20)10-8-14/h3-6,11,14,21H,7-10H2,1-2H3. The molecular formula is C18H21F2NO. The highest BCUT2D eigenvalue weighted by Crippen LogP contribution is 2.41. The van der Waals surface area contributed by atoms with E-state index in [1.807, 2.05) is 13.1 Å². The molecule has 0 radical (unpaired) electrons. The quantitative estimate of drug-likeness (QED) is 0.818. The molecule has 0 unspecified atom stereocenters. The monoisotopic (exact) mass is 305 g/mol. The molecule has 22 heavy (non-hydrogen) atoms. The number of benzene rings is 1. The summed E-state index contributed by atoms with van der Waals surface area (Å²) in [5.41, 5.74) is 4.37. The van der Waals surface area contributed by atoms with Gasteiger partial charge in [0, 0.05) is 24.6 Å². The number of methoxy groups -OCH3 is 1. The zero-order valence-corrected chi connectivity index (χ0v) is 13.0. The summed E-state index contributed by atoms with van der Waals surface area (Å²) >= 11 is 0. The molecule has 118 valence electrons. The van der Waals surface area contributed by atoms with Gasteiger partial charge in [-0.25, -0.2) is 8.78 Å². The molecular weight excluding hydrogens is 284 g/mol. The lowest BCUT2D eigenvalue weighted by atomic mass is 9.82. The summed E-state index contributed by atoms with van der Waals surface area (Å²) in [4.78, 5) is 3.23. The van der Waals surface area contributed by atoms with Crippen LogP contribution in [0.1, 0.15) is 42.7 Å². The van der Waals surface area contributed by atoms with Gasteiger partial charge in [0.05, 0.1) is 12.8 Å². The van der Waals surface area contributed by atoms with E-state index in [2.05, 4.69) is 29.2 Å². The molecule has 1 saturated carbocycles. The highest BCUT2D eigenvalue weighted by Gasteiger charge is 2.35. The molecule has 0 atom stereocenters. The normalized spacial score (nSPS) is 18.4. The Morgan fingerprint density at radius 1 is 1.14 bits per heavy atom. The summed E-state index contributed by atoms with van der Waals surface area (Å²) in [6, 6.07) is 8.24. The Labute approximate surface area is 129 Å². The predicted molar refractivity (Wildman–Crippen MR) is 83.7 cm³/mol. The molecule has 1 aliphatic rings. The molecule has 1 fully saturated rings. The van der Waals surface area contributed by atoms with Crippen LogP contribution >= 0.6 is 0 Å². The second-order valence-electron chi connectivity index (χ2n) is 6.11. The van der Waals surface area contributed by atoms with Crippen molar-refractivity contribution >= 4 is 0 Å². The van der Waals surface area contributed by atoms with E-state index in [1.54, 1.807) is 7.11 Å². The van der Waals surface area contributed by atoms with Crippen LogP contribution in [0.25, 0.3) is 11.3 Å². The second-order valence-corrected chi connectivity index (χ2v) is 6.11. The summed E-state index contributed by atoms with van der Waals surface area (Å²) in [6.07, 6.45) is 3.00. The number of halogens is 2. The SMILES string of the molecule is COc1c[nH]c(-c2ccc(C3CCC(F)(F)CC3)cc2)c1C. The van der Waals surface area contributed by atoms with Gasteiger partial charge in [-0.3, -0.25) is 0 Å². The Hall–Kier alpha value is -1.84. The molecule has 4 heteroatoms. The molecule has 1 aromatic heterocycles. The maximum atomic E-state index is 13.2. The molecule has 0 amide bonds. The number of H-pyrrole nitrogens is 1. The number of rotatable bonds is 3. The third-order valence-electron chi connectivity index (χ3n) is 4.70. The lowest BCUT2D eigenvalue weighted by Crippen LogP contribution is -2.23. The molecule has 1 aromatic carbocycles. The third kappa shape index (κ3) is 2.87. The minimum Gasteiger partial charge on any atom is -0.495 e. The molecule has 1 aliphatic carbocycles. The Morgan fingerprint density at radius 2 is 1.77 bits per heavy atom. The zero-order chi connectivity index (χ0) is 15.7. The van der Waals surface area contributed by atoms with Crippen LogP contribution in [0.15, 0.2) is 30.5 Å². The van der Waals surface area contributed by atoms with Gasteiger partial charge in [0.2, 0.25) is 5.92 Å². The van der Waals surface area contributed by atoms with Gasteiger partial charge in [-0.05, 0) is 36.8 Å². The van der Waals surface area contributed by atoms with Crippen LogP contribution in [-0.4, -0.2) is 18.0 Å². The van der Waals surface area contributed by atoms with Gasteiger partial charge in [-0.1, -0.05) is 24.3 Å². The van der Waals surface area contributed by atoms with Crippen molar-refractivity contribution in [2.75, 3.05) is 7.11 Å². The van der Waals surface area contributed by atoms with Crippen molar-refractivity contribution in [1.29, 1.82) is 0 Å². The minimum atomic E-state index is -2.46. The second kappa shape index (κ2) is 5.75. The van der Waals surface area contributed by atoms with Gasteiger partial charge < -0.3 is 9.72 Å². The fourth-order valence-corrected chi connectivity index (χ4v) is 3.28. The van der Waals surface area contributed by atoms with Crippen molar-refractivity contribution in [3.05, 3.63) is 41.6 Å². The summed E-state index contributed by atoms with van der Waals surface area (Å²) < 4.78 is 31.8. The van der Waals surface area contributed by atoms with E-state index in [1.165, 1.54) is 0 Å². The van der Waals surface area contributed by atoms with E-state index in [0.717, 1.165) is 28.1 Å². The van der Waals surface area contributed by atoms with Gasteiger partial charge in [0.15, 0.2) is 0 Å². The third-order valence-corrected chi connectivity index (χ3v) is 4.70. The number of alkyl halides is 2. The number of aromatic amines is 1. The van der Waals surface area contributed by atoms with Gasteiger partial charge in [0.25, 0.3) is 0 Å². The van der Waals surface area contributed by atoms with Crippen LogP contribution in [0.4, 0.5) is 8.78 Å². The number of ether oxygens (including phenoxy) is 1. The number of hydrogen-bond acceptors (Lipinski definition) is 1. The molecule has 2 aromatic rings. The number of hydrogen-bond donors (Lipinski definition) is 1. The summed E-state index contributed by atoms with van der Waals surface area (Å²) in [7, 11) is 1.65. The fraction of sp³-hybridized carbons (Fsp3) is 0.444. The van der Waals surface area contributed by atoms with Crippen molar-refractivity contribution in [3.63, 3.8) is 0 Å². The van der Waals surface area contributed by atoms with E-state index < -0.39 is 5.92 Å². The molecule has 3 rings (SSSR count). The average molecular weight is 305 g/mol. The lowest BCUT2D eigenvalue weighted by Gasteiger charge is -2.28. The first-order valence-corrected chi connectivity index (χ1v) is 7.70. The topological polar surface area (TPSA) is 25.0 Å². The fourth-order valence-electron chi connectivity index (χ4n) is 3.28. The van der Waals surface area contributed by atoms with Crippen LogP contribution in [0, 0.1) is 6.92 Å². The van der Waals surface area contributed by atoms with Crippen molar-refractivity contribution in [3.8, 4) is 17.0 Å². The Kier molecular flexibility index (Phi) is 3.94. The first-order chi connectivity index (χ1) is 10.5. The van der Waals surface area contributed by atoms with Gasteiger partial charge >= 0.3 is 0 Å². The Balaban J connectivity index is 1.77. The van der Waals surface area contributed by atoms with Gasteiger partial charge in [0.1, 0.15) is 5.75 Å². The van der Waals surface area contributed by atoms with Gasteiger partial charge in [-0.2, -0.15) is 0 Å². The molecule has 2 nitrogen and oxygen atoms in total. The molecule has 1 N–H and O–H groups in total. The molecule has 1 heterocycles. The Bertz CT molecular complexity index is 636. The van der Waals surface area contributed by atoms with E-state index in [9.17, 15) is 8.78 Å². The van der Waals surface area contributed by atoms with Crippen LogP contribution < -0.4 is 4.74 Å². The maximum Gasteiger partial charge on any atom is 0.248 e. The molecule has 0 bridgehead atoms. The predicted octanol–water partition coefficient (Wildman–Crippen LogP) is 5.29. The van der Waals surface area contributed by atoms with Gasteiger partial charge in [-0.15, -0.1) is 0 Å². The minimum absolute atomic E-state index is 0.00630. The summed E-state index contributed by atoms with van der Waals surface area (Å²) in [5.74, 6) is -1.37. The van der Waals surface area contributed by atoms with Crippen molar-refractivity contribution in [2.24, 2.45) is 0 Å². The first kappa shape index (κ1) is 15.1. The largest absolute Gasteiger partial charge is 0.495 e. The highest BCUT2D eigenvalue weighted by atomic mass is 19.3. The molecule has 0 saturated heterocycles. The van der Waals surface area contributed by atoms with E-state index in [4.69, 9.17) is 4.74 Å². The average Bonchev–Trinajstić information content (AvgIpc) is 2.88. The van der Waals surface area contributed by atoms with Crippen molar-refractivity contribution in [1.82, 2.24) is 4.98 Å². The summed E-state index contributed by atoms with van der Waals surface area (Å²) in [5, 5.41) is 0. The lowest BCUT2D eigenvalue weighted by molar-refractivity contribution is -0.0382. The van der Waals surface area contributed by atoms with Crippen LogP contribution in [0.2, 0.25) is 0 Å². The van der Waals surface area contributed by atoms with E-state index in [-0.39, 0.29) is 18.8 Å². The highest BCUT2D eigenvalue weighted by molar-refractivity contribution is 5.66. The molecule has 0 spiro atoms. The van der Waals surface area contributed by atoms with Crippen LogP contribution in [0.5, 0.6) is 5.75 Å². The first-order valence-electron chi connectivity index (χ1n) is 7.70. The number of aromatic nitrogens is 1. The maximum absolute atomic E-state index is 13.2. The number of nitrogens with one attached hydrogen (secondary N) is 1.